The molecule has 1 rings (SSSR count). The Hall–Kier alpha value is -1.06. The first-order chi connectivity index (χ1) is 9.74. The van der Waals surface area contributed by atoms with Gasteiger partial charge >= 0.3 is 0 Å². The van der Waals surface area contributed by atoms with Crippen molar-refractivity contribution in [3.05, 3.63) is 29.8 Å². The molecular formula is C17H29NO2. The lowest BCUT2D eigenvalue weighted by Crippen LogP contribution is -2.14. The minimum Gasteiger partial charge on any atom is -0.491 e. The minimum absolute atomic E-state index is 0.616. The lowest BCUT2D eigenvalue weighted by atomic mass is 10.1. The molecule has 1 N–H and O–H groups in total. The van der Waals surface area contributed by atoms with Crippen LogP contribution in [0.25, 0.3) is 0 Å². The number of hydrogen-bond acceptors (Lipinski definition) is 3. The van der Waals surface area contributed by atoms with E-state index < -0.39 is 0 Å². The molecule has 0 atom stereocenters. The first-order valence-electron chi connectivity index (χ1n) is 7.73. The highest BCUT2D eigenvalue weighted by atomic mass is 16.5. The van der Waals surface area contributed by atoms with Gasteiger partial charge in [0.25, 0.3) is 0 Å². The molecule has 0 saturated heterocycles. The van der Waals surface area contributed by atoms with E-state index in [9.17, 15) is 0 Å². The fourth-order valence-corrected chi connectivity index (χ4v) is 1.96. The van der Waals surface area contributed by atoms with Crippen molar-refractivity contribution in [2.75, 3.05) is 26.4 Å². The summed E-state index contributed by atoms with van der Waals surface area (Å²) in [5, 5.41) is 3.32. The van der Waals surface area contributed by atoms with E-state index in [1.165, 1.54) is 12.0 Å². The third-order valence-corrected chi connectivity index (χ3v) is 3.09. The average molecular weight is 279 g/mol. The number of hydrogen-bond donors (Lipinski definition) is 1. The van der Waals surface area contributed by atoms with Crippen molar-refractivity contribution < 1.29 is 9.47 Å². The van der Waals surface area contributed by atoms with Crippen LogP contribution >= 0.6 is 0 Å². The Morgan fingerprint density at radius 2 is 1.90 bits per heavy atom. The fraction of sp³-hybridized carbons (Fsp3) is 0.647. The Bertz CT molecular complexity index is 353. The zero-order valence-electron chi connectivity index (χ0n) is 13.2. The predicted molar refractivity (Wildman–Crippen MR) is 84.2 cm³/mol. The van der Waals surface area contributed by atoms with Crippen molar-refractivity contribution >= 4 is 0 Å². The molecule has 3 heteroatoms. The van der Waals surface area contributed by atoms with Crippen molar-refractivity contribution in [2.45, 2.75) is 40.2 Å². The van der Waals surface area contributed by atoms with E-state index in [-0.39, 0.29) is 0 Å². The van der Waals surface area contributed by atoms with Gasteiger partial charge in [-0.2, -0.15) is 0 Å². The third kappa shape index (κ3) is 7.51. The molecule has 3 nitrogen and oxygen atoms in total. The fourth-order valence-electron chi connectivity index (χ4n) is 1.96. The van der Waals surface area contributed by atoms with Crippen molar-refractivity contribution in [1.82, 2.24) is 5.32 Å². The summed E-state index contributed by atoms with van der Waals surface area (Å²) in [6, 6.07) is 8.17. The summed E-state index contributed by atoms with van der Waals surface area (Å²) < 4.78 is 11.4. The Balaban J connectivity index is 2.18. The maximum Gasteiger partial charge on any atom is 0.123 e. The van der Waals surface area contributed by atoms with Crippen LogP contribution in [0.1, 0.15) is 39.2 Å². The summed E-state index contributed by atoms with van der Waals surface area (Å²) in [5.74, 6) is 1.71. The summed E-state index contributed by atoms with van der Waals surface area (Å²) in [5.41, 5.74) is 1.20. The standard InChI is InChI=1S/C17H29NO2/c1-4-18-14-16-9-5-6-10-17(16)20-13-12-19-11-7-8-15(2)3/h5-6,9-10,15,18H,4,7-8,11-14H2,1-3H3. The molecule has 114 valence electrons. The topological polar surface area (TPSA) is 30.5 Å². The Morgan fingerprint density at radius 3 is 2.65 bits per heavy atom. The van der Waals surface area contributed by atoms with Gasteiger partial charge in [-0.1, -0.05) is 39.0 Å². The maximum atomic E-state index is 5.80. The summed E-state index contributed by atoms with van der Waals surface area (Å²) in [6.07, 6.45) is 2.36. The van der Waals surface area contributed by atoms with E-state index in [0.29, 0.717) is 13.2 Å². The smallest absolute Gasteiger partial charge is 0.123 e. The van der Waals surface area contributed by atoms with Crippen LogP contribution in [-0.2, 0) is 11.3 Å². The van der Waals surface area contributed by atoms with Gasteiger partial charge in [-0.15, -0.1) is 0 Å². The van der Waals surface area contributed by atoms with Gasteiger partial charge in [-0.3, -0.25) is 0 Å². The van der Waals surface area contributed by atoms with Gasteiger partial charge in [0.1, 0.15) is 12.4 Å². The molecule has 0 aliphatic carbocycles. The molecule has 0 spiro atoms. The molecule has 1 aromatic carbocycles. The minimum atomic E-state index is 0.616. The van der Waals surface area contributed by atoms with Gasteiger partial charge in [0.15, 0.2) is 0 Å². The van der Waals surface area contributed by atoms with Crippen LogP contribution in [-0.4, -0.2) is 26.4 Å². The molecule has 20 heavy (non-hydrogen) atoms. The molecule has 0 bridgehead atoms. The van der Waals surface area contributed by atoms with Gasteiger partial charge in [0.05, 0.1) is 6.61 Å². The number of nitrogens with one attached hydrogen (secondary N) is 1. The van der Waals surface area contributed by atoms with Crippen molar-refractivity contribution in [2.24, 2.45) is 5.92 Å². The second kappa shape index (κ2) is 10.7. The van der Waals surface area contributed by atoms with Crippen LogP contribution < -0.4 is 10.1 Å². The van der Waals surface area contributed by atoms with Crippen LogP contribution in [0.5, 0.6) is 5.75 Å². The van der Waals surface area contributed by atoms with Gasteiger partial charge in [-0.05, 0) is 31.4 Å². The monoisotopic (exact) mass is 279 g/mol. The Morgan fingerprint density at radius 1 is 1.10 bits per heavy atom. The summed E-state index contributed by atoms with van der Waals surface area (Å²) in [4.78, 5) is 0. The lowest BCUT2D eigenvalue weighted by molar-refractivity contribution is 0.0954. The lowest BCUT2D eigenvalue weighted by Gasteiger charge is -2.12. The summed E-state index contributed by atoms with van der Waals surface area (Å²) >= 11 is 0. The van der Waals surface area contributed by atoms with E-state index in [1.54, 1.807) is 0 Å². The first kappa shape index (κ1) is 17.0. The molecule has 0 aromatic heterocycles. The van der Waals surface area contributed by atoms with Crippen LogP contribution in [0.3, 0.4) is 0 Å². The molecule has 0 aliphatic rings. The Labute approximate surface area is 123 Å². The van der Waals surface area contributed by atoms with Gasteiger partial charge in [0.2, 0.25) is 0 Å². The largest absolute Gasteiger partial charge is 0.491 e. The molecule has 0 heterocycles. The number of ether oxygens (including phenoxy) is 2. The molecule has 0 amide bonds. The van der Waals surface area contributed by atoms with Crippen LogP contribution in [0.15, 0.2) is 24.3 Å². The zero-order chi connectivity index (χ0) is 14.6. The van der Waals surface area contributed by atoms with Gasteiger partial charge in [-0.25, -0.2) is 0 Å². The second-order valence-corrected chi connectivity index (χ2v) is 5.38. The Kier molecular flexibility index (Phi) is 9.09. The SMILES string of the molecule is CCNCc1ccccc1OCCOCCCC(C)C. The van der Waals surface area contributed by atoms with E-state index in [4.69, 9.17) is 9.47 Å². The van der Waals surface area contributed by atoms with Crippen LogP contribution in [0.4, 0.5) is 0 Å². The van der Waals surface area contributed by atoms with Crippen LogP contribution in [0.2, 0.25) is 0 Å². The molecule has 0 saturated carbocycles. The van der Waals surface area contributed by atoms with Gasteiger partial charge < -0.3 is 14.8 Å². The van der Waals surface area contributed by atoms with E-state index in [1.807, 2.05) is 18.2 Å². The molecule has 1 aromatic rings. The molecular weight excluding hydrogens is 250 g/mol. The van der Waals surface area contributed by atoms with E-state index in [0.717, 1.165) is 37.8 Å². The highest BCUT2D eigenvalue weighted by molar-refractivity contribution is 5.33. The maximum absolute atomic E-state index is 5.80. The van der Waals surface area contributed by atoms with Crippen molar-refractivity contribution in [3.8, 4) is 5.75 Å². The highest BCUT2D eigenvalue weighted by Crippen LogP contribution is 2.17. The van der Waals surface area contributed by atoms with Crippen molar-refractivity contribution in [3.63, 3.8) is 0 Å². The van der Waals surface area contributed by atoms with Crippen molar-refractivity contribution in [1.29, 1.82) is 0 Å². The molecule has 0 unspecified atom stereocenters. The van der Waals surface area contributed by atoms with E-state index in [2.05, 4.69) is 32.2 Å². The third-order valence-electron chi connectivity index (χ3n) is 3.09. The van der Waals surface area contributed by atoms with Gasteiger partial charge in [0, 0.05) is 18.7 Å². The van der Waals surface area contributed by atoms with Crippen LogP contribution in [0, 0.1) is 5.92 Å². The quantitative estimate of drug-likeness (QED) is 0.627. The molecule has 0 fully saturated rings. The normalized spacial score (nSPS) is 11.0. The summed E-state index contributed by atoms with van der Waals surface area (Å²) in [6.45, 7) is 10.5. The predicted octanol–water partition coefficient (Wildman–Crippen LogP) is 3.63. The molecule has 0 radical (unpaired) electrons. The second-order valence-electron chi connectivity index (χ2n) is 5.38. The first-order valence-corrected chi connectivity index (χ1v) is 7.73. The number of benzene rings is 1. The zero-order valence-corrected chi connectivity index (χ0v) is 13.2. The summed E-state index contributed by atoms with van der Waals surface area (Å²) in [7, 11) is 0. The molecule has 0 aliphatic heterocycles. The average Bonchev–Trinajstić information content (AvgIpc) is 2.44. The number of rotatable bonds is 11. The number of para-hydroxylation sites is 1. The highest BCUT2D eigenvalue weighted by Gasteiger charge is 2.02. The van der Waals surface area contributed by atoms with E-state index >= 15 is 0 Å².